The molecule has 3 rings (SSSR count). The molecule has 0 aromatic heterocycles. The SMILES string of the molecule is CC1=CC(C)C(C)=C1N(c1ccccc1)C1CCCCC1. The van der Waals surface area contributed by atoms with E-state index in [1.807, 2.05) is 0 Å². The molecule has 0 spiro atoms. The highest BCUT2D eigenvalue weighted by Gasteiger charge is 2.29. The van der Waals surface area contributed by atoms with Gasteiger partial charge in [-0.05, 0) is 55.9 Å². The maximum absolute atomic E-state index is 2.64. The Labute approximate surface area is 129 Å². The number of nitrogens with zero attached hydrogens (tertiary/aromatic N) is 1. The van der Waals surface area contributed by atoms with E-state index in [0.717, 1.165) is 0 Å². The van der Waals surface area contributed by atoms with Gasteiger partial charge in [-0.25, -0.2) is 0 Å². The molecule has 21 heavy (non-hydrogen) atoms. The van der Waals surface area contributed by atoms with Gasteiger partial charge in [0.2, 0.25) is 0 Å². The minimum absolute atomic E-state index is 0.579. The van der Waals surface area contributed by atoms with Crippen molar-refractivity contribution in [3.8, 4) is 0 Å². The Morgan fingerprint density at radius 2 is 1.62 bits per heavy atom. The second-order valence-corrected chi connectivity index (χ2v) is 6.67. The number of rotatable bonds is 3. The highest BCUT2D eigenvalue weighted by molar-refractivity contribution is 5.61. The average Bonchev–Trinajstić information content (AvgIpc) is 2.76. The maximum atomic E-state index is 2.64. The van der Waals surface area contributed by atoms with Crippen LogP contribution in [0.15, 0.2) is 53.3 Å². The monoisotopic (exact) mass is 281 g/mol. The second-order valence-electron chi connectivity index (χ2n) is 6.67. The third kappa shape index (κ3) is 2.79. The van der Waals surface area contributed by atoms with Gasteiger partial charge in [0.1, 0.15) is 0 Å². The Morgan fingerprint density at radius 3 is 2.19 bits per heavy atom. The summed E-state index contributed by atoms with van der Waals surface area (Å²) in [4.78, 5) is 2.64. The summed E-state index contributed by atoms with van der Waals surface area (Å²) >= 11 is 0. The standard InChI is InChI=1S/C20H27N/c1-15-14-16(2)20(17(15)3)21(18-10-6-4-7-11-18)19-12-8-5-9-13-19/h4,6-7,10-11,14-15,19H,5,8-9,12-13H2,1-3H3. The van der Waals surface area contributed by atoms with Gasteiger partial charge in [-0.1, -0.05) is 50.5 Å². The summed E-state index contributed by atoms with van der Waals surface area (Å²) in [6.07, 6.45) is 9.23. The van der Waals surface area contributed by atoms with E-state index in [0.29, 0.717) is 12.0 Å². The zero-order chi connectivity index (χ0) is 14.8. The van der Waals surface area contributed by atoms with Crippen molar-refractivity contribution in [2.24, 2.45) is 5.92 Å². The van der Waals surface area contributed by atoms with Gasteiger partial charge in [-0.3, -0.25) is 0 Å². The van der Waals surface area contributed by atoms with Crippen molar-refractivity contribution in [3.63, 3.8) is 0 Å². The van der Waals surface area contributed by atoms with Crippen molar-refractivity contribution in [3.05, 3.63) is 53.3 Å². The molecule has 1 nitrogen and oxygen atoms in total. The molecule has 0 heterocycles. The summed E-state index contributed by atoms with van der Waals surface area (Å²) in [6.45, 7) is 6.91. The van der Waals surface area contributed by atoms with Crippen molar-refractivity contribution in [2.45, 2.75) is 58.9 Å². The number of anilines is 1. The second kappa shape index (κ2) is 6.09. The molecule has 1 atom stereocenters. The molecule has 1 saturated carbocycles. The van der Waals surface area contributed by atoms with E-state index in [1.54, 1.807) is 0 Å². The zero-order valence-electron chi connectivity index (χ0n) is 13.6. The fourth-order valence-electron chi connectivity index (χ4n) is 3.94. The first-order valence-corrected chi connectivity index (χ1v) is 8.42. The van der Waals surface area contributed by atoms with Crippen LogP contribution in [0.5, 0.6) is 0 Å². The molecule has 0 saturated heterocycles. The number of hydrogen-bond donors (Lipinski definition) is 0. The van der Waals surface area contributed by atoms with Crippen LogP contribution < -0.4 is 4.90 Å². The molecule has 1 aromatic rings. The van der Waals surface area contributed by atoms with Crippen molar-refractivity contribution in [1.29, 1.82) is 0 Å². The van der Waals surface area contributed by atoms with Crippen LogP contribution in [0.3, 0.4) is 0 Å². The molecule has 2 aliphatic carbocycles. The Kier molecular flexibility index (Phi) is 4.19. The fourth-order valence-corrected chi connectivity index (χ4v) is 3.94. The van der Waals surface area contributed by atoms with Crippen LogP contribution >= 0.6 is 0 Å². The quantitative estimate of drug-likeness (QED) is 0.687. The number of hydrogen-bond acceptors (Lipinski definition) is 1. The zero-order valence-corrected chi connectivity index (χ0v) is 13.6. The summed E-state index contributed by atoms with van der Waals surface area (Å²) in [7, 11) is 0. The van der Waals surface area contributed by atoms with E-state index in [1.165, 1.54) is 54.6 Å². The molecule has 1 unspecified atom stereocenters. The van der Waals surface area contributed by atoms with Gasteiger partial charge in [0.05, 0.1) is 0 Å². The van der Waals surface area contributed by atoms with Crippen LogP contribution in [-0.4, -0.2) is 6.04 Å². The van der Waals surface area contributed by atoms with Crippen LogP contribution in [0.25, 0.3) is 0 Å². The predicted molar refractivity (Wildman–Crippen MR) is 91.4 cm³/mol. The molecular weight excluding hydrogens is 254 g/mol. The fraction of sp³-hybridized carbons (Fsp3) is 0.500. The van der Waals surface area contributed by atoms with Crippen molar-refractivity contribution >= 4 is 5.69 Å². The van der Waals surface area contributed by atoms with E-state index >= 15 is 0 Å². The lowest BCUT2D eigenvalue weighted by Gasteiger charge is -2.38. The molecule has 0 aliphatic heterocycles. The summed E-state index contributed by atoms with van der Waals surface area (Å²) in [5, 5.41) is 0. The largest absolute Gasteiger partial charge is 0.338 e. The third-order valence-corrected chi connectivity index (χ3v) is 5.15. The van der Waals surface area contributed by atoms with Crippen molar-refractivity contribution in [2.75, 3.05) is 4.90 Å². The Morgan fingerprint density at radius 1 is 0.952 bits per heavy atom. The summed E-state index contributed by atoms with van der Waals surface area (Å²) in [6, 6.07) is 11.6. The van der Waals surface area contributed by atoms with Crippen LogP contribution in [-0.2, 0) is 0 Å². The number of benzene rings is 1. The van der Waals surface area contributed by atoms with E-state index < -0.39 is 0 Å². The topological polar surface area (TPSA) is 3.24 Å². The highest BCUT2D eigenvalue weighted by Crippen LogP contribution is 2.39. The van der Waals surface area contributed by atoms with Gasteiger partial charge < -0.3 is 4.90 Å². The van der Waals surface area contributed by atoms with E-state index in [4.69, 9.17) is 0 Å². The summed E-state index contributed by atoms with van der Waals surface area (Å²) in [5.74, 6) is 0.579. The Hall–Kier alpha value is -1.50. The van der Waals surface area contributed by atoms with Gasteiger partial charge in [-0.15, -0.1) is 0 Å². The Bertz CT molecular complexity index is 546. The van der Waals surface area contributed by atoms with Gasteiger partial charge in [0.15, 0.2) is 0 Å². The molecule has 0 bridgehead atoms. The first-order chi connectivity index (χ1) is 10.2. The summed E-state index contributed by atoms with van der Waals surface area (Å²) in [5.41, 5.74) is 5.83. The summed E-state index contributed by atoms with van der Waals surface area (Å²) < 4.78 is 0. The lowest BCUT2D eigenvalue weighted by atomic mass is 9.92. The number of para-hydroxylation sites is 1. The van der Waals surface area contributed by atoms with Gasteiger partial charge >= 0.3 is 0 Å². The minimum Gasteiger partial charge on any atom is -0.338 e. The molecule has 0 N–H and O–H groups in total. The molecule has 1 heteroatoms. The van der Waals surface area contributed by atoms with Crippen molar-refractivity contribution in [1.82, 2.24) is 0 Å². The lowest BCUT2D eigenvalue weighted by molar-refractivity contribution is 0.429. The predicted octanol–water partition coefficient (Wildman–Crippen LogP) is 5.70. The maximum Gasteiger partial charge on any atom is 0.0435 e. The Balaban J connectivity index is 2.02. The van der Waals surface area contributed by atoms with Crippen LogP contribution in [0, 0.1) is 5.92 Å². The van der Waals surface area contributed by atoms with Gasteiger partial charge in [0, 0.05) is 17.4 Å². The van der Waals surface area contributed by atoms with E-state index in [9.17, 15) is 0 Å². The third-order valence-electron chi connectivity index (χ3n) is 5.15. The van der Waals surface area contributed by atoms with Crippen LogP contribution in [0.1, 0.15) is 52.9 Å². The van der Waals surface area contributed by atoms with Gasteiger partial charge in [-0.2, -0.15) is 0 Å². The van der Waals surface area contributed by atoms with Crippen LogP contribution in [0.2, 0.25) is 0 Å². The normalized spacial score (nSPS) is 23.4. The molecule has 112 valence electrons. The molecule has 0 radical (unpaired) electrons. The number of allylic oxidation sites excluding steroid dienone is 3. The average molecular weight is 281 g/mol. The van der Waals surface area contributed by atoms with Crippen LogP contribution in [0.4, 0.5) is 5.69 Å². The molecule has 0 amide bonds. The smallest absolute Gasteiger partial charge is 0.0435 e. The van der Waals surface area contributed by atoms with E-state index in [2.05, 4.69) is 62.1 Å². The molecule has 1 aromatic carbocycles. The van der Waals surface area contributed by atoms with E-state index in [-0.39, 0.29) is 0 Å². The molecule has 1 fully saturated rings. The molecule has 2 aliphatic rings. The highest BCUT2D eigenvalue weighted by atomic mass is 15.2. The van der Waals surface area contributed by atoms with Gasteiger partial charge in [0.25, 0.3) is 0 Å². The lowest BCUT2D eigenvalue weighted by Crippen LogP contribution is -2.36. The van der Waals surface area contributed by atoms with Crippen molar-refractivity contribution < 1.29 is 0 Å². The first-order valence-electron chi connectivity index (χ1n) is 8.42. The first kappa shape index (κ1) is 14.4. The molecular formula is C20H27N. The minimum atomic E-state index is 0.579.